The molecule has 1 aliphatic rings. The van der Waals surface area contributed by atoms with E-state index in [4.69, 9.17) is 0 Å². The minimum atomic E-state index is -0.0240. The monoisotopic (exact) mass is 198 g/mol. The van der Waals surface area contributed by atoms with Crippen molar-refractivity contribution in [3.8, 4) is 0 Å². The Labute approximate surface area is 86.6 Å². The summed E-state index contributed by atoms with van der Waals surface area (Å²) in [5.41, 5.74) is 0.0673. The Morgan fingerprint density at radius 2 is 2.21 bits per heavy atom. The summed E-state index contributed by atoms with van der Waals surface area (Å²) in [5, 5.41) is 6.24. The maximum Gasteiger partial charge on any atom is 0.237 e. The molecule has 3 heteroatoms. The second-order valence-electron chi connectivity index (χ2n) is 4.85. The number of amides is 1. The lowest BCUT2D eigenvalue weighted by Gasteiger charge is -2.29. The lowest BCUT2D eigenvalue weighted by molar-refractivity contribution is -0.125. The third kappa shape index (κ3) is 2.08. The van der Waals surface area contributed by atoms with Gasteiger partial charge < -0.3 is 10.6 Å². The molecule has 2 atom stereocenters. The van der Waals surface area contributed by atoms with Gasteiger partial charge >= 0.3 is 0 Å². The Bertz CT molecular complexity index is 213. The largest absolute Gasteiger partial charge is 0.355 e. The van der Waals surface area contributed by atoms with E-state index in [0.29, 0.717) is 5.92 Å². The zero-order chi connectivity index (χ0) is 10.8. The fourth-order valence-corrected chi connectivity index (χ4v) is 1.89. The summed E-state index contributed by atoms with van der Waals surface area (Å²) < 4.78 is 0. The molecule has 1 aliphatic heterocycles. The van der Waals surface area contributed by atoms with Crippen LogP contribution in [0.15, 0.2) is 0 Å². The zero-order valence-corrected chi connectivity index (χ0v) is 9.68. The van der Waals surface area contributed by atoms with E-state index in [1.807, 2.05) is 0 Å². The van der Waals surface area contributed by atoms with Gasteiger partial charge in [0.15, 0.2) is 0 Å². The molecule has 14 heavy (non-hydrogen) atoms. The van der Waals surface area contributed by atoms with E-state index in [2.05, 4.69) is 38.3 Å². The van der Waals surface area contributed by atoms with Crippen LogP contribution >= 0.6 is 0 Å². The Balaban J connectivity index is 2.56. The lowest BCUT2D eigenvalue weighted by atomic mass is 9.77. The van der Waals surface area contributed by atoms with E-state index in [9.17, 15) is 4.79 Å². The summed E-state index contributed by atoms with van der Waals surface area (Å²) in [4.78, 5) is 11.8. The Morgan fingerprint density at radius 3 is 2.64 bits per heavy atom. The molecule has 2 N–H and O–H groups in total. The third-order valence-corrected chi connectivity index (χ3v) is 3.45. The average molecular weight is 198 g/mol. The van der Waals surface area contributed by atoms with Crippen molar-refractivity contribution in [3.05, 3.63) is 0 Å². The summed E-state index contributed by atoms with van der Waals surface area (Å²) in [6, 6.07) is -0.0240. The summed E-state index contributed by atoms with van der Waals surface area (Å²) in [6.45, 7) is 10.3. The van der Waals surface area contributed by atoms with Crippen molar-refractivity contribution >= 4 is 5.91 Å². The molecule has 0 aliphatic carbocycles. The first kappa shape index (κ1) is 11.5. The van der Waals surface area contributed by atoms with Gasteiger partial charge in [-0.3, -0.25) is 4.79 Å². The molecular formula is C11H22N2O. The number of nitrogens with one attached hydrogen (secondary N) is 2. The molecule has 1 heterocycles. The van der Waals surface area contributed by atoms with Gasteiger partial charge in [0.2, 0.25) is 5.91 Å². The summed E-state index contributed by atoms with van der Waals surface area (Å²) >= 11 is 0. The van der Waals surface area contributed by atoms with E-state index in [0.717, 1.165) is 19.5 Å². The van der Waals surface area contributed by atoms with E-state index in [1.165, 1.54) is 0 Å². The highest BCUT2D eigenvalue weighted by Crippen LogP contribution is 2.35. The fourth-order valence-electron chi connectivity index (χ4n) is 1.89. The number of carbonyl (C=O) groups excluding carboxylic acids is 1. The smallest absolute Gasteiger partial charge is 0.237 e. The number of rotatable bonds is 3. The second-order valence-corrected chi connectivity index (χ2v) is 4.85. The molecule has 1 amide bonds. The molecule has 0 aromatic heterocycles. The van der Waals surface area contributed by atoms with Gasteiger partial charge in [0, 0.05) is 6.54 Å². The van der Waals surface area contributed by atoms with Crippen molar-refractivity contribution in [1.29, 1.82) is 0 Å². The van der Waals surface area contributed by atoms with Crippen LogP contribution in [0.2, 0.25) is 0 Å². The van der Waals surface area contributed by atoms with Gasteiger partial charge in [-0.2, -0.15) is 0 Å². The SMILES string of the molecule is CCCNC(=O)C1NCC(C)C1(C)C. The van der Waals surface area contributed by atoms with E-state index >= 15 is 0 Å². The van der Waals surface area contributed by atoms with Gasteiger partial charge in [0.05, 0.1) is 6.04 Å². The number of hydrogen-bond donors (Lipinski definition) is 2. The van der Waals surface area contributed by atoms with Crippen molar-refractivity contribution in [1.82, 2.24) is 10.6 Å². The first-order valence-electron chi connectivity index (χ1n) is 5.51. The molecule has 0 radical (unpaired) electrons. The number of hydrogen-bond acceptors (Lipinski definition) is 2. The molecule has 1 saturated heterocycles. The van der Waals surface area contributed by atoms with E-state index < -0.39 is 0 Å². The van der Waals surface area contributed by atoms with Crippen LogP contribution in [0.25, 0.3) is 0 Å². The molecule has 1 fully saturated rings. The Hall–Kier alpha value is -0.570. The predicted octanol–water partition coefficient (Wildman–Crippen LogP) is 1.15. The fraction of sp³-hybridized carbons (Fsp3) is 0.909. The number of carbonyl (C=O) groups is 1. The lowest BCUT2D eigenvalue weighted by Crippen LogP contribution is -2.47. The second kappa shape index (κ2) is 4.30. The maximum absolute atomic E-state index is 11.8. The first-order chi connectivity index (χ1) is 6.50. The predicted molar refractivity (Wildman–Crippen MR) is 58.0 cm³/mol. The molecule has 0 aromatic carbocycles. The molecule has 2 unspecified atom stereocenters. The minimum Gasteiger partial charge on any atom is -0.355 e. The van der Waals surface area contributed by atoms with Gasteiger partial charge in [0.1, 0.15) is 0 Å². The molecule has 0 spiro atoms. The van der Waals surface area contributed by atoms with Crippen molar-refractivity contribution in [2.75, 3.05) is 13.1 Å². The van der Waals surface area contributed by atoms with Crippen LogP contribution in [0.3, 0.4) is 0 Å². The van der Waals surface area contributed by atoms with Crippen LogP contribution in [0, 0.1) is 11.3 Å². The first-order valence-corrected chi connectivity index (χ1v) is 5.51. The maximum atomic E-state index is 11.8. The minimum absolute atomic E-state index is 0.0240. The van der Waals surface area contributed by atoms with Crippen molar-refractivity contribution < 1.29 is 4.79 Å². The van der Waals surface area contributed by atoms with E-state index in [-0.39, 0.29) is 17.4 Å². The highest BCUT2D eigenvalue weighted by Gasteiger charge is 2.43. The van der Waals surface area contributed by atoms with Crippen LogP contribution in [0.5, 0.6) is 0 Å². The normalized spacial score (nSPS) is 30.3. The molecule has 0 aromatic rings. The van der Waals surface area contributed by atoms with Crippen LogP contribution in [0.4, 0.5) is 0 Å². The van der Waals surface area contributed by atoms with Crippen molar-refractivity contribution in [2.45, 2.75) is 40.2 Å². The zero-order valence-electron chi connectivity index (χ0n) is 9.68. The van der Waals surface area contributed by atoms with Crippen LogP contribution in [-0.4, -0.2) is 25.0 Å². The van der Waals surface area contributed by atoms with Gasteiger partial charge in [-0.25, -0.2) is 0 Å². The third-order valence-electron chi connectivity index (χ3n) is 3.45. The van der Waals surface area contributed by atoms with Crippen LogP contribution in [-0.2, 0) is 4.79 Å². The molecule has 3 nitrogen and oxygen atoms in total. The summed E-state index contributed by atoms with van der Waals surface area (Å²) in [5.74, 6) is 0.709. The molecular weight excluding hydrogens is 176 g/mol. The van der Waals surface area contributed by atoms with Gasteiger partial charge in [0.25, 0.3) is 0 Å². The van der Waals surface area contributed by atoms with Crippen molar-refractivity contribution in [3.63, 3.8) is 0 Å². The highest BCUT2D eigenvalue weighted by molar-refractivity contribution is 5.83. The molecule has 0 bridgehead atoms. The van der Waals surface area contributed by atoms with Crippen molar-refractivity contribution in [2.24, 2.45) is 11.3 Å². The standard InChI is InChI=1S/C11H22N2O/c1-5-6-12-10(14)9-11(3,4)8(2)7-13-9/h8-9,13H,5-7H2,1-4H3,(H,12,14). The highest BCUT2D eigenvalue weighted by atomic mass is 16.2. The van der Waals surface area contributed by atoms with Gasteiger partial charge in [-0.1, -0.05) is 27.7 Å². The topological polar surface area (TPSA) is 41.1 Å². The van der Waals surface area contributed by atoms with Gasteiger partial charge in [-0.05, 0) is 24.3 Å². The van der Waals surface area contributed by atoms with Crippen LogP contribution in [0.1, 0.15) is 34.1 Å². The average Bonchev–Trinajstić information content (AvgIpc) is 2.38. The quantitative estimate of drug-likeness (QED) is 0.714. The Kier molecular flexibility index (Phi) is 3.53. The van der Waals surface area contributed by atoms with Crippen LogP contribution < -0.4 is 10.6 Å². The van der Waals surface area contributed by atoms with E-state index in [1.54, 1.807) is 0 Å². The molecule has 82 valence electrons. The Morgan fingerprint density at radius 1 is 1.57 bits per heavy atom. The van der Waals surface area contributed by atoms with Gasteiger partial charge in [-0.15, -0.1) is 0 Å². The molecule has 0 saturated carbocycles. The summed E-state index contributed by atoms with van der Waals surface area (Å²) in [7, 11) is 0. The molecule has 1 rings (SSSR count). The summed E-state index contributed by atoms with van der Waals surface area (Å²) in [6.07, 6.45) is 0.994.